The van der Waals surface area contributed by atoms with Gasteiger partial charge in [-0.25, -0.2) is 0 Å². The monoisotopic (exact) mass is 179 g/mol. The second-order valence-electron chi connectivity index (χ2n) is 2.52. The molecule has 0 aliphatic carbocycles. The molecule has 1 amide bonds. The number of ketones is 1. The largest absolute Gasteiger partial charge is 0.505 e. The van der Waals surface area contributed by atoms with Crippen LogP contribution in [0.3, 0.4) is 0 Å². The first kappa shape index (κ1) is 9.25. The van der Waals surface area contributed by atoms with Crippen molar-refractivity contribution in [3.8, 4) is 5.75 Å². The molecule has 0 saturated carbocycles. The summed E-state index contributed by atoms with van der Waals surface area (Å²) < 4.78 is 0. The van der Waals surface area contributed by atoms with E-state index in [1.165, 1.54) is 19.1 Å². The fourth-order valence-electron chi connectivity index (χ4n) is 1.01. The molecule has 1 aromatic rings. The quantitative estimate of drug-likeness (QED) is 0.415. The van der Waals surface area contributed by atoms with Crippen LogP contribution in [0.15, 0.2) is 18.2 Å². The lowest BCUT2D eigenvalue weighted by molar-refractivity contribution is -0.105. The van der Waals surface area contributed by atoms with Crippen LogP contribution in [0.25, 0.3) is 0 Å². The van der Waals surface area contributed by atoms with Gasteiger partial charge in [0.1, 0.15) is 5.75 Å². The summed E-state index contributed by atoms with van der Waals surface area (Å²) in [6.07, 6.45) is 0.443. The van der Waals surface area contributed by atoms with Crippen molar-refractivity contribution < 1.29 is 14.7 Å². The van der Waals surface area contributed by atoms with Gasteiger partial charge in [0.15, 0.2) is 5.78 Å². The fraction of sp³-hybridized carbons (Fsp3) is 0.111. The predicted octanol–water partition coefficient (Wildman–Crippen LogP) is 1.16. The van der Waals surface area contributed by atoms with Gasteiger partial charge in [0.25, 0.3) is 0 Å². The molecule has 1 aromatic carbocycles. The molecule has 0 unspecified atom stereocenters. The maximum atomic E-state index is 10.9. The number of anilines is 1. The van der Waals surface area contributed by atoms with Gasteiger partial charge in [-0.2, -0.15) is 0 Å². The molecule has 13 heavy (non-hydrogen) atoms. The van der Waals surface area contributed by atoms with Crippen LogP contribution in [0.4, 0.5) is 5.69 Å². The van der Waals surface area contributed by atoms with E-state index in [1.807, 2.05) is 0 Å². The molecule has 0 fully saturated rings. The van der Waals surface area contributed by atoms with Crippen molar-refractivity contribution in [3.63, 3.8) is 0 Å². The number of para-hydroxylation sites is 1. The Morgan fingerprint density at radius 2 is 2.23 bits per heavy atom. The molecule has 2 N–H and O–H groups in total. The van der Waals surface area contributed by atoms with Crippen molar-refractivity contribution in [2.75, 3.05) is 5.32 Å². The molecule has 0 aliphatic heterocycles. The molecule has 0 atom stereocenters. The Morgan fingerprint density at radius 3 is 2.77 bits per heavy atom. The molecule has 4 heteroatoms. The van der Waals surface area contributed by atoms with Crippen LogP contribution < -0.4 is 5.32 Å². The van der Waals surface area contributed by atoms with E-state index < -0.39 is 0 Å². The molecule has 1 rings (SSSR count). The van der Waals surface area contributed by atoms with E-state index in [1.54, 1.807) is 6.07 Å². The van der Waals surface area contributed by atoms with Crippen molar-refractivity contribution in [1.29, 1.82) is 0 Å². The number of rotatable bonds is 3. The summed E-state index contributed by atoms with van der Waals surface area (Å²) in [4.78, 5) is 21.0. The highest BCUT2D eigenvalue weighted by molar-refractivity contribution is 5.99. The van der Waals surface area contributed by atoms with Crippen molar-refractivity contribution in [2.24, 2.45) is 0 Å². The molecule has 0 aromatic heterocycles. The van der Waals surface area contributed by atoms with E-state index >= 15 is 0 Å². The van der Waals surface area contributed by atoms with Gasteiger partial charge in [0, 0.05) is 0 Å². The highest BCUT2D eigenvalue weighted by atomic mass is 16.3. The normalized spacial score (nSPS) is 9.31. The first-order valence-corrected chi connectivity index (χ1v) is 3.70. The average Bonchev–Trinajstić information content (AvgIpc) is 2.08. The van der Waals surface area contributed by atoms with Crippen LogP contribution in [-0.2, 0) is 4.79 Å². The maximum Gasteiger partial charge on any atom is 0.211 e. The molecular formula is C9H9NO3. The Bertz CT molecular complexity index is 347. The van der Waals surface area contributed by atoms with Gasteiger partial charge in [-0.3, -0.25) is 9.59 Å². The molecule has 0 spiro atoms. The van der Waals surface area contributed by atoms with E-state index in [0.717, 1.165) is 0 Å². The van der Waals surface area contributed by atoms with E-state index in [-0.39, 0.29) is 22.8 Å². The Labute approximate surface area is 75.2 Å². The molecule has 0 heterocycles. The minimum absolute atomic E-state index is 0.192. The van der Waals surface area contributed by atoms with Gasteiger partial charge in [-0.05, 0) is 19.1 Å². The van der Waals surface area contributed by atoms with Crippen molar-refractivity contribution in [3.05, 3.63) is 23.8 Å². The summed E-state index contributed by atoms with van der Waals surface area (Å²) in [6, 6.07) is 4.59. The average molecular weight is 179 g/mol. The number of carbonyl (C=O) groups excluding carboxylic acids is 2. The van der Waals surface area contributed by atoms with Gasteiger partial charge in [0.05, 0.1) is 11.3 Å². The van der Waals surface area contributed by atoms with Gasteiger partial charge >= 0.3 is 0 Å². The molecule has 0 aliphatic rings. The third kappa shape index (κ3) is 1.84. The van der Waals surface area contributed by atoms with E-state index in [0.29, 0.717) is 6.41 Å². The van der Waals surface area contributed by atoms with Gasteiger partial charge < -0.3 is 10.4 Å². The smallest absolute Gasteiger partial charge is 0.211 e. The van der Waals surface area contributed by atoms with Crippen LogP contribution in [0, 0.1) is 0 Å². The fourth-order valence-corrected chi connectivity index (χ4v) is 1.01. The number of hydrogen-bond acceptors (Lipinski definition) is 3. The molecule has 0 bridgehead atoms. The number of phenolic OH excluding ortho intramolecular Hbond substituents is 1. The zero-order valence-electron chi connectivity index (χ0n) is 7.07. The number of aromatic hydroxyl groups is 1. The zero-order chi connectivity index (χ0) is 9.84. The third-order valence-electron chi connectivity index (χ3n) is 1.63. The van der Waals surface area contributed by atoms with Crippen LogP contribution >= 0.6 is 0 Å². The summed E-state index contributed by atoms with van der Waals surface area (Å²) in [5.74, 6) is -0.436. The standard InChI is InChI=1S/C9H9NO3/c1-6(12)7-3-2-4-8(9(7)13)10-5-11/h2-5,13H,1H3,(H,10,11). The lowest BCUT2D eigenvalue weighted by atomic mass is 10.1. The minimum atomic E-state index is -0.243. The highest BCUT2D eigenvalue weighted by Gasteiger charge is 2.09. The summed E-state index contributed by atoms with van der Waals surface area (Å²) in [6.45, 7) is 1.35. The molecule has 0 radical (unpaired) electrons. The summed E-state index contributed by atoms with van der Waals surface area (Å²) in [7, 11) is 0. The first-order valence-electron chi connectivity index (χ1n) is 3.70. The summed E-state index contributed by atoms with van der Waals surface area (Å²) in [5.41, 5.74) is 0.439. The summed E-state index contributed by atoms with van der Waals surface area (Å²) in [5, 5.41) is 11.7. The second kappa shape index (κ2) is 3.71. The third-order valence-corrected chi connectivity index (χ3v) is 1.63. The van der Waals surface area contributed by atoms with Crippen molar-refractivity contribution in [1.82, 2.24) is 0 Å². The van der Waals surface area contributed by atoms with Crippen LogP contribution in [0.1, 0.15) is 17.3 Å². The number of nitrogens with one attached hydrogen (secondary N) is 1. The van der Waals surface area contributed by atoms with Crippen molar-refractivity contribution in [2.45, 2.75) is 6.92 Å². The minimum Gasteiger partial charge on any atom is -0.505 e. The number of phenols is 1. The number of carbonyl (C=O) groups is 2. The Kier molecular flexibility index (Phi) is 2.64. The van der Waals surface area contributed by atoms with E-state index in [9.17, 15) is 14.7 Å². The maximum absolute atomic E-state index is 10.9. The van der Waals surface area contributed by atoms with Crippen LogP contribution in [-0.4, -0.2) is 17.3 Å². The van der Waals surface area contributed by atoms with Gasteiger partial charge in [0.2, 0.25) is 6.41 Å². The topological polar surface area (TPSA) is 66.4 Å². The zero-order valence-corrected chi connectivity index (χ0v) is 7.07. The lowest BCUT2D eigenvalue weighted by Crippen LogP contribution is -1.98. The summed E-state index contributed by atoms with van der Waals surface area (Å²) >= 11 is 0. The van der Waals surface area contributed by atoms with E-state index in [2.05, 4.69) is 5.32 Å². The Balaban J connectivity index is 3.17. The molecule has 68 valence electrons. The Morgan fingerprint density at radius 1 is 1.54 bits per heavy atom. The molecule has 0 saturated heterocycles. The number of Topliss-reactive ketones (excluding diaryl/α,β-unsaturated/α-hetero) is 1. The number of benzene rings is 1. The van der Waals surface area contributed by atoms with Gasteiger partial charge in [-0.1, -0.05) is 6.07 Å². The molecule has 4 nitrogen and oxygen atoms in total. The van der Waals surface area contributed by atoms with Crippen molar-refractivity contribution >= 4 is 17.9 Å². The molecular weight excluding hydrogens is 170 g/mol. The number of amides is 1. The highest BCUT2D eigenvalue weighted by Crippen LogP contribution is 2.26. The van der Waals surface area contributed by atoms with Crippen LogP contribution in [0.5, 0.6) is 5.75 Å². The Hall–Kier alpha value is -1.84. The van der Waals surface area contributed by atoms with E-state index in [4.69, 9.17) is 0 Å². The second-order valence-corrected chi connectivity index (χ2v) is 2.52. The lowest BCUT2D eigenvalue weighted by Gasteiger charge is -2.05. The number of hydrogen-bond donors (Lipinski definition) is 2. The predicted molar refractivity (Wildman–Crippen MR) is 47.8 cm³/mol. The first-order chi connectivity index (χ1) is 6.16. The SMILES string of the molecule is CC(=O)c1cccc(NC=O)c1O. The van der Waals surface area contributed by atoms with Gasteiger partial charge in [-0.15, -0.1) is 0 Å². The van der Waals surface area contributed by atoms with Crippen LogP contribution in [0.2, 0.25) is 0 Å².